The third kappa shape index (κ3) is 3.28. The maximum absolute atomic E-state index is 12.7. The lowest BCUT2D eigenvalue weighted by atomic mass is 9.98. The number of nitrogens with one attached hydrogen (secondary N) is 1. The van der Waals surface area contributed by atoms with Crippen molar-refractivity contribution in [3.63, 3.8) is 0 Å². The first kappa shape index (κ1) is 15.4. The number of piperidine rings is 1. The molecular weight excluding hydrogens is 300 g/mol. The van der Waals surface area contributed by atoms with Crippen molar-refractivity contribution in [2.24, 2.45) is 5.92 Å². The quantitative estimate of drug-likeness (QED) is 0.928. The van der Waals surface area contributed by atoms with Crippen molar-refractivity contribution in [1.29, 1.82) is 0 Å². The Bertz CT molecular complexity index is 589. The molecule has 1 fully saturated rings. The molecule has 3 rings (SSSR count). The van der Waals surface area contributed by atoms with Gasteiger partial charge in [0.15, 0.2) is 0 Å². The summed E-state index contributed by atoms with van der Waals surface area (Å²) in [6, 6.07) is 5.57. The number of rotatable bonds is 3. The number of likely N-dealkylation sites (tertiary alicyclic amines) is 1. The summed E-state index contributed by atoms with van der Waals surface area (Å²) in [7, 11) is 1.70. The molecule has 0 bridgehead atoms. The Labute approximate surface area is 134 Å². The van der Waals surface area contributed by atoms with E-state index >= 15 is 0 Å². The van der Waals surface area contributed by atoms with Crippen LogP contribution in [0.3, 0.4) is 0 Å². The number of hydrogen-bond donors (Lipinski definition) is 1. The monoisotopic (exact) mass is 320 g/mol. The van der Waals surface area contributed by atoms with Crippen LogP contribution in [0.5, 0.6) is 0 Å². The Hall–Kier alpha value is -1.53. The molecule has 6 heteroatoms. The normalized spacial score (nSPS) is 21.2. The van der Waals surface area contributed by atoms with E-state index < -0.39 is 0 Å². The standard InChI is InChI=1S/C16H20N2O3S/c1-21-9-11-3-2-6-18(8-11)16(20)12-4-5-14-13(7-12)17-15(19)10-22-14/h4-5,7,11H,2-3,6,8-10H2,1H3,(H,17,19)/t11-/m0/s1. The van der Waals surface area contributed by atoms with Gasteiger partial charge in [-0.25, -0.2) is 0 Å². The van der Waals surface area contributed by atoms with Gasteiger partial charge in [-0.05, 0) is 37.0 Å². The zero-order valence-corrected chi connectivity index (χ0v) is 13.4. The van der Waals surface area contributed by atoms with Gasteiger partial charge in [0.05, 0.1) is 18.0 Å². The van der Waals surface area contributed by atoms with Gasteiger partial charge in [-0.3, -0.25) is 9.59 Å². The number of anilines is 1. The number of carbonyl (C=O) groups is 2. The van der Waals surface area contributed by atoms with Crippen LogP contribution in [0.2, 0.25) is 0 Å². The zero-order valence-electron chi connectivity index (χ0n) is 12.6. The fourth-order valence-corrected chi connectivity index (χ4v) is 3.81. The maximum atomic E-state index is 12.7. The maximum Gasteiger partial charge on any atom is 0.253 e. The molecule has 0 aliphatic carbocycles. The van der Waals surface area contributed by atoms with E-state index in [1.54, 1.807) is 13.2 Å². The number of amides is 2. The lowest BCUT2D eigenvalue weighted by Crippen LogP contribution is -2.41. The van der Waals surface area contributed by atoms with Crippen molar-refractivity contribution in [2.75, 3.05) is 37.9 Å². The molecule has 1 atom stereocenters. The van der Waals surface area contributed by atoms with Crippen LogP contribution in [0, 0.1) is 5.92 Å². The minimum absolute atomic E-state index is 0.0137. The van der Waals surface area contributed by atoms with Crippen LogP contribution in [0.15, 0.2) is 23.1 Å². The number of hydrogen-bond acceptors (Lipinski definition) is 4. The number of benzene rings is 1. The molecule has 1 saturated heterocycles. The molecule has 118 valence electrons. The van der Waals surface area contributed by atoms with Gasteiger partial charge >= 0.3 is 0 Å². The lowest BCUT2D eigenvalue weighted by molar-refractivity contribution is -0.113. The Morgan fingerprint density at radius 3 is 3.18 bits per heavy atom. The third-order valence-electron chi connectivity index (χ3n) is 4.07. The van der Waals surface area contributed by atoms with Gasteiger partial charge in [-0.2, -0.15) is 0 Å². The Morgan fingerprint density at radius 1 is 1.50 bits per heavy atom. The molecule has 0 spiro atoms. The molecule has 2 heterocycles. The molecule has 2 aliphatic heterocycles. The van der Waals surface area contributed by atoms with Crippen molar-refractivity contribution in [3.05, 3.63) is 23.8 Å². The highest BCUT2D eigenvalue weighted by atomic mass is 32.2. The van der Waals surface area contributed by atoms with E-state index in [9.17, 15) is 9.59 Å². The molecule has 1 aromatic carbocycles. The predicted molar refractivity (Wildman–Crippen MR) is 86.3 cm³/mol. The Morgan fingerprint density at radius 2 is 2.36 bits per heavy atom. The van der Waals surface area contributed by atoms with Gasteiger partial charge in [0.1, 0.15) is 0 Å². The van der Waals surface area contributed by atoms with E-state index in [2.05, 4.69) is 5.32 Å². The van der Waals surface area contributed by atoms with E-state index in [1.165, 1.54) is 11.8 Å². The molecule has 2 amide bonds. The summed E-state index contributed by atoms with van der Waals surface area (Å²) in [5.74, 6) is 0.870. The molecule has 2 aliphatic rings. The number of thioether (sulfide) groups is 1. The number of ether oxygens (including phenoxy) is 1. The largest absolute Gasteiger partial charge is 0.384 e. The highest BCUT2D eigenvalue weighted by molar-refractivity contribution is 8.00. The summed E-state index contributed by atoms with van der Waals surface area (Å²) in [6.07, 6.45) is 2.12. The minimum atomic E-state index is -0.0137. The first-order valence-electron chi connectivity index (χ1n) is 7.52. The molecule has 1 N–H and O–H groups in total. The topological polar surface area (TPSA) is 58.6 Å². The number of methoxy groups -OCH3 is 1. The minimum Gasteiger partial charge on any atom is -0.384 e. The second kappa shape index (κ2) is 6.71. The van der Waals surface area contributed by atoms with Crippen molar-refractivity contribution in [3.8, 4) is 0 Å². The number of fused-ring (bicyclic) bond motifs is 1. The van der Waals surface area contributed by atoms with Gasteiger partial charge in [0, 0.05) is 30.7 Å². The molecule has 5 nitrogen and oxygen atoms in total. The van der Waals surface area contributed by atoms with Gasteiger partial charge in [0.25, 0.3) is 5.91 Å². The van der Waals surface area contributed by atoms with Crippen LogP contribution >= 0.6 is 11.8 Å². The fourth-order valence-electron chi connectivity index (χ4n) is 3.02. The molecule has 0 unspecified atom stereocenters. The van der Waals surface area contributed by atoms with Crippen molar-refractivity contribution >= 4 is 29.3 Å². The zero-order chi connectivity index (χ0) is 15.5. The number of nitrogens with zero attached hydrogens (tertiary/aromatic N) is 1. The van der Waals surface area contributed by atoms with E-state index in [4.69, 9.17) is 4.74 Å². The fraction of sp³-hybridized carbons (Fsp3) is 0.500. The van der Waals surface area contributed by atoms with E-state index in [-0.39, 0.29) is 11.8 Å². The average molecular weight is 320 g/mol. The summed E-state index contributed by atoms with van der Waals surface area (Å²) in [6.45, 7) is 2.22. The highest BCUT2D eigenvalue weighted by Crippen LogP contribution is 2.32. The molecule has 0 saturated carbocycles. The summed E-state index contributed by atoms with van der Waals surface area (Å²) in [4.78, 5) is 27.1. The molecular formula is C16H20N2O3S. The smallest absolute Gasteiger partial charge is 0.253 e. The van der Waals surface area contributed by atoms with Gasteiger partial charge in [-0.15, -0.1) is 11.8 Å². The van der Waals surface area contributed by atoms with Gasteiger partial charge in [-0.1, -0.05) is 0 Å². The van der Waals surface area contributed by atoms with Crippen molar-refractivity contribution in [2.45, 2.75) is 17.7 Å². The molecule has 0 aromatic heterocycles. The van der Waals surface area contributed by atoms with Crippen LogP contribution in [0.25, 0.3) is 0 Å². The molecule has 0 radical (unpaired) electrons. The van der Waals surface area contributed by atoms with Crippen LogP contribution in [0.1, 0.15) is 23.2 Å². The van der Waals surface area contributed by atoms with Gasteiger partial charge < -0.3 is 15.0 Å². The lowest BCUT2D eigenvalue weighted by Gasteiger charge is -2.32. The van der Waals surface area contributed by atoms with Crippen LogP contribution in [-0.2, 0) is 9.53 Å². The summed E-state index contributed by atoms with van der Waals surface area (Å²) < 4.78 is 5.21. The van der Waals surface area contributed by atoms with E-state index in [1.807, 2.05) is 17.0 Å². The Kier molecular flexibility index (Phi) is 4.69. The first-order valence-corrected chi connectivity index (χ1v) is 8.51. The average Bonchev–Trinajstić information content (AvgIpc) is 2.54. The van der Waals surface area contributed by atoms with Crippen molar-refractivity contribution in [1.82, 2.24) is 4.90 Å². The highest BCUT2D eigenvalue weighted by Gasteiger charge is 2.25. The molecule has 22 heavy (non-hydrogen) atoms. The second-order valence-corrected chi connectivity index (χ2v) is 6.78. The van der Waals surface area contributed by atoms with Crippen LogP contribution in [-0.4, -0.2) is 49.3 Å². The predicted octanol–water partition coefficient (Wildman–Crippen LogP) is 2.23. The van der Waals surface area contributed by atoms with Crippen molar-refractivity contribution < 1.29 is 14.3 Å². The summed E-state index contributed by atoms with van der Waals surface area (Å²) >= 11 is 1.51. The van der Waals surface area contributed by atoms with Crippen LogP contribution in [0.4, 0.5) is 5.69 Å². The van der Waals surface area contributed by atoms with E-state index in [0.29, 0.717) is 23.8 Å². The van der Waals surface area contributed by atoms with E-state index in [0.717, 1.165) is 36.5 Å². The number of carbonyl (C=O) groups excluding carboxylic acids is 2. The van der Waals surface area contributed by atoms with Crippen LogP contribution < -0.4 is 5.32 Å². The van der Waals surface area contributed by atoms with Gasteiger partial charge in [0.2, 0.25) is 5.91 Å². The SMILES string of the molecule is COC[C@H]1CCCN(C(=O)c2ccc3c(c2)NC(=O)CS3)C1. The second-order valence-electron chi connectivity index (χ2n) is 5.76. The summed E-state index contributed by atoms with van der Waals surface area (Å²) in [5.41, 5.74) is 1.39. The third-order valence-corrected chi connectivity index (χ3v) is 5.14. The first-order chi connectivity index (χ1) is 10.7. The summed E-state index contributed by atoms with van der Waals surface area (Å²) in [5, 5.41) is 2.84. The Balaban J connectivity index is 1.74. The molecule has 1 aromatic rings.